The fraction of sp³-hybridized carbons (Fsp3) is 0.833. The summed E-state index contributed by atoms with van der Waals surface area (Å²) in [7, 11) is 3.64. The van der Waals surface area contributed by atoms with Crippen molar-refractivity contribution in [3.8, 4) is 0 Å². The van der Waals surface area contributed by atoms with Crippen LogP contribution < -0.4 is 0 Å². The standard InChI is InChI=1S/C12H22N2O4/c1-12(2,3)18-11(17)14-6-8(10(15)16)9(7-14)13(4)5/h8-9H,6-7H2,1-5H3,(H,15,16)/t8-,9-/m1/s1. The number of hydrogen-bond acceptors (Lipinski definition) is 4. The fourth-order valence-electron chi connectivity index (χ4n) is 2.03. The van der Waals surface area contributed by atoms with E-state index in [0.29, 0.717) is 6.54 Å². The van der Waals surface area contributed by atoms with Crippen molar-refractivity contribution in [2.45, 2.75) is 32.4 Å². The third kappa shape index (κ3) is 3.60. The molecule has 0 spiro atoms. The van der Waals surface area contributed by atoms with E-state index in [9.17, 15) is 9.59 Å². The predicted molar refractivity (Wildman–Crippen MR) is 66.4 cm³/mol. The minimum atomic E-state index is -0.875. The Labute approximate surface area is 107 Å². The molecule has 0 saturated carbocycles. The van der Waals surface area contributed by atoms with Crippen LogP contribution in [-0.2, 0) is 9.53 Å². The monoisotopic (exact) mass is 258 g/mol. The summed E-state index contributed by atoms with van der Waals surface area (Å²) in [4.78, 5) is 26.4. The van der Waals surface area contributed by atoms with E-state index in [1.165, 1.54) is 4.90 Å². The summed E-state index contributed by atoms with van der Waals surface area (Å²) in [5, 5.41) is 9.16. The Bertz CT molecular complexity index is 335. The highest BCUT2D eigenvalue weighted by Gasteiger charge is 2.42. The first-order valence-corrected chi connectivity index (χ1v) is 5.99. The summed E-state index contributed by atoms with van der Waals surface area (Å²) < 4.78 is 5.25. The third-order valence-electron chi connectivity index (χ3n) is 2.92. The molecule has 1 aliphatic heterocycles. The number of carboxylic acids is 1. The van der Waals surface area contributed by atoms with Gasteiger partial charge in [0.1, 0.15) is 5.60 Å². The first-order chi connectivity index (χ1) is 8.11. The average molecular weight is 258 g/mol. The lowest BCUT2D eigenvalue weighted by atomic mass is 10.0. The van der Waals surface area contributed by atoms with Gasteiger partial charge in [-0.15, -0.1) is 0 Å². The van der Waals surface area contributed by atoms with E-state index in [-0.39, 0.29) is 12.6 Å². The Morgan fingerprint density at radius 2 is 1.83 bits per heavy atom. The van der Waals surface area contributed by atoms with Gasteiger partial charge in [0, 0.05) is 19.1 Å². The number of carbonyl (C=O) groups excluding carboxylic acids is 1. The van der Waals surface area contributed by atoms with Gasteiger partial charge in [0.2, 0.25) is 0 Å². The smallest absolute Gasteiger partial charge is 0.410 e. The molecular formula is C12H22N2O4. The minimum Gasteiger partial charge on any atom is -0.481 e. The van der Waals surface area contributed by atoms with E-state index in [0.717, 1.165) is 0 Å². The van der Waals surface area contributed by atoms with Gasteiger partial charge in [-0.2, -0.15) is 0 Å². The summed E-state index contributed by atoms with van der Waals surface area (Å²) in [6.45, 7) is 5.96. The molecule has 0 aliphatic carbocycles. The van der Waals surface area contributed by atoms with Gasteiger partial charge in [0.15, 0.2) is 0 Å². The van der Waals surface area contributed by atoms with Crippen molar-refractivity contribution in [2.24, 2.45) is 5.92 Å². The molecule has 1 aliphatic rings. The highest BCUT2D eigenvalue weighted by Crippen LogP contribution is 2.23. The molecule has 1 rings (SSSR count). The zero-order valence-corrected chi connectivity index (χ0v) is 11.6. The molecule has 1 N–H and O–H groups in total. The molecule has 0 aromatic heterocycles. The zero-order chi connectivity index (χ0) is 14.1. The Morgan fingerprint density at radius 1 is 1.28 bits per heavy atom. The largest absolute Gasteiger partial charge is 0.481 e. The first-order valence-electron chi connectivity index (χ1n) is 5.99. The quantitative estimate of drug-likeness (QED) is 0.795. The van der Waals surface area contributed by atoms with Gasteiger partial charge in [-0.3, -0.25) is 4.79 Å². The molecule has 1 amide bonds. The number of hydrogen-bond donors (Lipinski definition) is 1. The van der Waals surface area contributed by atoms with Crippen molar-refractivity contribution in [2.75, 3.05) is 27.2 Å². The van der Waals surface area contributed by atoms with Crippen molar-refractivity contribution >= 4 is 12.1 Å². The van der Waals surface area contributed by atoms with Gasteiger partial charge < -0.3 is 19.6 Å². The topological polar surface area (TPSA) is 70.1 Å². The van der Waals surface area contributed by atoms with Crippen LogP contribution in [0.4, 0.5) is 4.79 Å². The molecule has 18 heavy (non-hydrogen) atoms. The van der Waals surface area contributed by atoms with Crippen LogP contribution in [0, 0.1) is 5.92 Å². The number of nitrogens with zero attached hydrogens (tertiary/aromatic N) is 2. The Morgan fingerprint density at radius 3 is 2.17 bits per heavy atom. The molecular weight excluding hydrogens is 236 g/mol. The number of aliphatic carboxylic acids is 1. The molecule has 1 saturated heterocycles. The van der Waals surface area contributed by atoms with Gasteiger partial charge >= 0.3 is 12.1 Å². The molecule has 2 atom stereocenters. The lowest BCUT2D eigenvalue weighted by Gasteiger charge is -2.25. The predicted octanol–water partition coefficient (Wildman–Crippen LogP) is 0.868. The molecule has 0 unspecified atom stereocenters. The summed E-state index contributed by atoms with van der Waals surface area (Å²) in [5.41, 5.74) is -0.563. The Kier molecular flexibility index (Phi) is 4.21. The van der Waals surface area contributed by atoms with Gasteiger partial charge in [-0.05, 0) is 34.9 Å². The average Bonchev–Trinajstić information content (AvgIpc) is 2.58. The SMILES string of the molecule is CN(C)[C@@H]1CN(C(=O)OC(C)(C)C)C[C@H]1C(=O)O. The fourth-order valence-corrected chi connectivity index (χ4v) is 2.03. The third-order valence-corrected chi connectivity index (χ3v) is 2.92. The van der Waals surface area contributed by atoms with E-state index in [1.54, 1.807) is 20.8 Å². The Hall–Kier alpha value is -1.30. The van der Waals surface area contributed by atoms with Crippen LogP contribution in [0.15, 0.2) is 0 Å². The van der Waals surface area contributed by atoms with Crippen molar-refractivity contribution in [3.05, 3.63) is 0 Å². The van der Waals surface area contributed by atoms with Crippen molar-refractivity contribution in [1.29, 1.82) is 0 Å². The molecule has 6 heteroatoms. The van der Waals surface area contributed by atoms with Gasteiger partial charge in [-0.1, -0.05) is 0 Å². The van der Waals surface area contributed by atoms with Crippen molar-refractivity contribution in [3.63, 3.8) is 0 Å². The number of carboxylic acid groups (broad SMARTS) is 1. The molecule has 6 nitrogen and oxygen atoms in total. The molecule has 1 heterocycles. The van der Waals surface area contributed by atoms with Crippen LogP contribution in [-0.4, -0.2) is 65.8 Å². The number of amides is 1. The zero-order valence-electron chi connectivity index (χ0n) is 11.6. The maximum Gasteiger partial charge on any atom is 0.410 e. The Balaban J connectivity index is 2.72. The van der Waals surface area contributed by atoms with Crippen LogP contribution in [0.5, 0.6) is 0 Å². The maximum absolute atomic E-state index is 11.9. The number of ether oxygens (including phenoxy) is 1. The number of carbonyl (C=O) groups is 2. The van der Waals surface area contributed by atoms with Crippen LogP contribution in [0.25, 0.3) is 0 Å². The molecule has 0 aromatic rings. The molecule has 1 fully saturated rings. The molecule has 0 bridgehead atoms. The van der Waals surface area contributed by atoms with E-state index >= 15 is 0 Å². The number of likely N-dealkylation sites (tertiary alicyclic amines) is 1. The molecule has 0 aromatic carbocycles. The second-order valence-corrected chi connectivity index (χ2v) is 5.86. The van der Waals surface area contributed by atoms with E-state index < -0.39 is 23.6 Å². The summed E-state index contributed by atoms with van der Waals surface area (Å²) in [6, 6.07) is -0.171. The highest BCUT2D eigenvalue weighted by molar-refractivity contribution is 5.75. The van der Waals surface area contributed by atoms with Crippen LogP contribution in [0.3, 0.4) is 0 Å². The van der Waals surface area contributed by atoms with Crippen molar-refractivity contribution in [1.82, 2.24) is 9.80 Å². The number of likely N-dealkylation sites (N-methyl/N-ethyl adjacent to an activating group) is 1. The number of rotatable bonds is 2. The molecule has 0 radical (unpaired) electrons. The summed E-state index contributed by atoms with van der Waals surface area (Å²) in [6.07, 6.45) is -0.446. The molecule has 104 valence electrons. The minimum absolute atomic E-state index is 0.171. The lowest BCUT2D eigenvalue weighted by Crippen LogP contribution is -2.39. The van der Waals surface area contributed by atoms with Crippen LogP contribution >= 0.6 is 0 Å². The maximum atomic E-state index is 11.9. The van der Waals surface area contributed by atoms with Gasteiger partial charge in [-0.25, -0.2) is 4.79 Å². The van der Waals surface area contributed by atoms with Crippen molar-refractivity contribution < 1.29 is 19.4 Å². The summed E-state index contributed by atoms with van der Waals surface area (Å²) >= 11 is 0. The van der Waals surface area contributed by atoms with E-state index in [2.05, 4.69) is 0 Å². The lowest BCUT2D eigenvalue weighted by molar-refractivity contribution is -0.142. The van der Waals surface area contributed by atoms with Gasteiger partial charge in [0.05, 0.1) is 5.92 Å². The second kappa shape index (κ2) is 5.14. The van der Waals surface area contributed by atoms with E-state index in [4.69, 9.17) is 9.84 Å². The van der Waals surface area contributed by atoms with Crippen LogP contribution in [0.2, 0.25) is 0 Å². The van der Waals surface area contributed by atoms with Gasteiger partial charge in [0.25, 0.3) is 0 Å². The summed E-state index contributed by atoms with van der Waals surface area (Å²) in [5.74, 6) is -1.44. The van der Waals surface area contributed by atoms with Crippen LogP contribution in [0.1, 0.15) is 20.8 Å². The van der Waals surface area contributed by atoms with E-state index in [1.807, 2.05) is 19.0 Å². The normalized spacial score (nSPS) is 24.4. The first kappa shape index (κ1) is 14.8. The highest BCUT2D eigenvalue weighted by atomic mass is 16.6. The second-order valence-electron chi connectivity index (χ2n) is 5.86.